The van der Waals surface area contributed by atoms with Crippen molar-refractivity contribution in [3.63, 3.8) is 0 Å². The number of esters is 1. The molecule has 0 bridgehead atoms. The maximum absolute atomic E-state index is 12.2. The van der Waals surface area contributed by atoms with Gasteiger partial charge >= 0.3 is 12.0 Å². The predicted octanol–water partition coefficient (Wildman–Crippen LogP) is 1.89. The van der Waals surface area contributed by atoms with Crippen LogP contribution >= 0.6 is 0 Å². The van der Waals surface area contributed by atoms with Gasteiger partial charge in [-0.15, -0.1) is 0 Å². The van der Waals surface area contributed by atoms with Crippen molar-refractivity contribution < 1.29 is 23.9 Å². The Bertz CT molecular complexity index is 890. The first-order valence-electron chi connectivity index (χ1n) is 8.19. The average Bonchev–Trinajstić information content (AvgIpc) is 2.92. The normalized spacial score (nSPS) is 12.6. The Labute approximate surface area is 155 Å². The highest BCUT2D eigenvalue weighted by atomic mass is 16.5. The van der Waals surface area contributed by atoms with Crippen LogP contribution in [0.1, 0.15) is 31.1 Å². The van der Waals surface area contributed by atoms with Crippen LogP contribution in [0.3, 0.4) is 0 Å². The van der Waals surface area contributed by atoms with E-state index in [1.54, 1.807) is 42.5 Å². The minimum Gasteiger partial charge on any atom is -0.465 e. The van der Waals surface area contributed by atoms with Crippen LogP contribution in [0.5, 0.6) is 0 Å². The maximum atomic E-state index is 12.2. The number of anilines is 1. The zero-order valence-electron chi connectivity index (χ0n) is 14.5. The highest BCUT2D eigenvalue weighted by Gasteiger charge is 2.34. The lowest BCUT2D eigenvalue weighted by Crippen LogP contribution is -2.39. The van der Waals surface area contributed by atoms with Gasteiger partial charge in [0, 0.05) is 18.8 Å². The summed E-state index contributed by atoms with van der Waals surface area (Å²) in [7, 11) is 1.27. The molecule has 1 aliphatic rings. The number of methoxy groups -OCH3 is 1. The van der Waals surface area contributed by atoms with Crippen LogP contribution in [0.4, 0.5) is 10.5 Å². The summed E-state index contributed by atoms with van der Waals surface area (Å²) in [6.45, 7) is 0.149. The zero-order valence-corrected chi connectivity index (χ0v) is 14.5. The van der Waals surface area contributed by atoms with Crippen molar-refractivity contribution in [1.82, 2.24) is 10.2 Å². The lowest BCUT2D eigenvalue weighted by molar-refractivity contribution is 0.0598. The second-order valence-corrected chi connectivity index (χ2v) is 5.76. The number of nitrogens with zero attached hydrogens (tertiary/aromatic N) is 1. The summed E-state index contributed by atoms with van der Waals surface area (Å²) >= 11 is 0. The number of hydrogen-bond donors (Lipinski definition) is 2. The van der Waals surface area contributed by atoms with Gasteiger partial charge in [-0.1, -0.05) is 18.2 Å². The quantitative estimate of drug-likeness (QED) is 0.620. The summed E-state index contributed by atoms with van der Waals surface area (Å²) in [5, 5.41) is 5.16. The van der Waals surface area contributed by atoms with E-state index in [4.69, 9.17) is 0 Å². The first kappa shape index (κ1) is 18.1. The molecule has 138 valence electrons. The third-order valence-corrected chi connectivity index (χ3v) is 4.04. The second-order valence-electron chi connectivity index (χ2n) is 5.76. The van der Waals surface area contributed by atoms with Crippen LogP contribution in [0, 0.1) is 0 Å². The maximum Gasteiger partial charge on any atom is 0.337 e. The Morgan fingerprint density at radius 1 is 1.00 bits per heavy atom. The van der Waals surface area contributed by atoms with Crippen LogP contribution in [0.15, 0.2) is 48.5 Å². The van der Waals surface area contributed by atoms with E-state index in [1.165, 1.54) is 13.2 Å². The van der Waals surface area contributed by atoms with E-state index >= 15 is 0 Å². The number of carbonyl (C=O) groups is 4. The highest BCUT2D eigenvalue weighted by molar-refractivity contribution is 6.21. The van der Waals surface area contributed by atoms with E-state index in [1.807, 2.05) is 0 Å². The van der Waals surface area contributed by atoms with Crippen molar-refractivity contribution in [3.05, 3.63) is 65.2 Å². The van der Waals surface area contributed by atoms with Gasteiger partial charge in [-0.3, -0.25) is 14.5 Å². The Kier molecular flexibility index (Phi) is 5.16. The molecule has 1 heterocycles. The molecule has 1 aliphatic heterocycles. The highest BCUT2D eigenvalue weighted by Crippen LogP contribution is 2.21. The number of rotatable bonds is 5. The van der Waals surface area contributed by atoms with Gasteiger partial charge in [-0.25, -0.2) is 9.59 Å². The van der Waals surface area contributed by atoms with E-state index in [0.717, 1.165) is 4.90 Å². The number of benzene rings is 2. The number of urea groups is 1. The Hall–Kier alpha value is -3.68. The Morgan fingerprint density at radius 2 is 1.67 bits per heavy atom. The minimum absolute atomic E-state index is 0.0575. The third-order valence-electron chi connectivity index (χ3n) is 4.04. The number of imide groups is 1. The number of amides is 4. The number of ether oxygens (including phenoxy) is 1. The summed E-state index contributed by atoms with van der Waals surface area (Å²) in [6.07, 6.45) is 0. The summed E-state index contributed by atoms with van der Waals surface area (Å²) < 4.78 is 4.63. The molecule has 27 heavy (non-hydrogen) atoms. The van der Waals surface area contributed by atoms with Gasteiger partial charge < -0.3 is 15.4 Å². The SMILES string of the molecule is COC(=O)c1cccc(NC(=O)NCCN2C(=O)c3ccccc3C2=O)c1. The van der Waals surface area contributed by atoms with E-state index in [9.17, 15) is 19.2 Å². The monoisotopic (exact) mass is 367 g/mol. The third kappa shape index (κ3) is 3.79. The van der Waals surface area contributed by atoms with Gasteiger partial charge in [0.2, 0.25) is 0 Å². The first-order chi connectivity index (χ1) is 13.0. The molecule has 0 unspecified atom stereocenters. The van der Waals surface area contributed by atoms with Crippen LogP contribution in [-0.4, -0.2) is 48.9 Å². The van der Waals surface area contributed by atoms with Crippen molar-refractivity contribution in [1.29, 1.82) is 0 Å². The van der Waals surface area contributed by atoms with Gasteiger partial charge in [0.1, 0.15) is 0 Å². The fourth-order valence-electron chi connectivity index (χ4n) is 2.74. The zero-order chi connectivity index (χ0) is 19.4. The Balaban J connectivity index is 1.53. The molecule has 0 spiro atoms. The first-order valence-corrected chi connectivity index (χ1v) is 8.19. The van der Waals surface area contributed by atoms with Gasteiger partial charge in [0.05, 0.1) is 23.8 Å². The largest absolute Gasteiger partial charge is 0.465 e. The lowest BCUT2D eigenvalue weighted by atomic mass is 10.1. The number of hydrogen-bond acceptors (Lipinski definition) is 5. The molecule has 3 rings (SSSR count). The molecule has 0 aromatic heterocycles. The standard InChI is InChI=1S/C19H17N3O5/c1-27-18(25)12-5-4-6-13(11-12)21-19(26)20-9-10-22-16(23)14-7-2-3-8-15(14)17(22)24/h2-8,11H,9-10H2,1H3,(H2,20,21,26). The summed E-state index contributed by atoms with van der Waals surface area (Å²) in [5.41, 5.74) is 1.45. The predicted molar refractivity (Wildman–Crippen MR) is 96.6 cm³/mol. The lowest BCUT2D eigenvalue weighted by Gasteiger charge is -2.14. The second kappa shape index (κ2) is 7.69. The molecule has 8 nitrogen and oxygen atoms in total. The van der Waals surface area contributed by atoms with E-state index in [2.05, 4.69) is 15.4 Å². The molecular weight excluding hydrogens is 350 g/mol. The van der Waals surface area contributed by atoms with E-state index < -0.39 is 12.0 Å². The molecule has 8 heteroatoms. The van der Waals surface area contributed by atoms with Crippen molar-refractivity contribution in [2.24, 2.45) is 0 Å². The van der Waals surface area contributed by atoms with Gasteiger partial charge in [0.25, 0.3) is 11.8 Å². The van der Waals surface area contributed by atoms with Crippen LogP contribution in [-0.2, 0) is 4.74 Å². The molecule has 4 amide bonds. The molecule has 0 atom stereocenters. The molecule has 0 saturated heterocycles. The summed E-state index contributed by atoms with van der Waals surface area (Å²) in [5.74, 6) is -1.25. The average molecular weight is 367 g/mol. The van der Waals surface area contributed by atoms with Crippen molar-refractivity contribution in [2.75, 3.05) is 25.5 Å². The molecular formula is C19H17N3O5. The van der Waals surface area contributed by atoms with Crippen molar-refractivity contribution in [3.8, 4) is 0 Å². The van der Waals surface area contributed by atoms with E-state index in [-0.39, 0.29) is 24.9 Å². The molecule has 2 N–H and O–H groups in total. The molecule has 0 radical (unpaired) electrons. The van der Waals surface area contributed by atoms with Gasteiger partial charge in [-0.2, -0.15) is 0 Å². The van der Waals surface area contributed by atoms with Crippen LogP contribution in [0.2, 0.25) is 0 Å². The van der Waals surface area contributed by atoms with Crippen molar-refractivity contribution >= 4 is 29.5 Å². The fourth-order valence-corrected chi connectivity index (χ4v) is 2.74. The molecule has 0 fully saturated rings. The summed E-state index contributed by atoms with van der Waals surface area (Å²) in [4.78, 5) is 49.1. The van der Waals surface area contributed by atoms with Crippen molar-refractivity contribution in [2.45, 2.75) is 0 Å². The van der Waals surface area contributed by atoms with Crippen LogP contribution < -0.4 is 10.6 Å². The summed E-state index contributed by atoms with van der Waals surface area (Å²) in [6, 6.07) is 12.4. The number of fused-ring (bicyclic) bond motifs is 1. The minimum atomic E-state index is -0.520. The smallest absolute Gasteiger partial charge is 0.337 e. The topological polar surface area (TPSA) is 105 Å². The fraction of sp³-hybridized carbons (Fsp3) is 0.158. The molecule has 2 aromatic rings. The van der Waals surface area contributed by atoms with Gasteiger partial charge in [-0.05, 0) is 30.3 Å². The Morgan fingerprint density at radius 3 is 2.30 bits per heavy atom. The van der Waals surface area contributed by atoms with Gasteiger partial charge in [0.15, 0.2) is 0 Å². The van der Waals surface area contributed by atoms with E-state index in [0.29, 0.717) is 22.4 Å². The molecule has 0 aliphatic carbocycles. The number of carbonyl (C=O) groups excluding carboxylic acids is 4. The molecule has 2 aromatic carbocycles. The number of nitrogens with one attached hydrogen (secondary N) is 2. The van der Waals surface area contributed by atoms with Crippen LogP contribution in [0.25, 0.3) is 0 Å². The molecule has 0 saturated carbocycles.